The standard InChI is InChI=1S/C18H32N6O.2ClH/c1-23(15-6-3-2-4-7-15)13-5-10-20-18(25)17-14-24(22-21-17)16-8-11-19-12-9-16;;/h14-16,19H,2-13H2,1H3,(H,20,25);2*1H. The van der Waals surface area contributed by atoms with Crippen molar-refractivity contribution in [3.8, 4) is 0 Å². The molecule has 2 heterocycles. The van der Waals surface area contributed by atoms with E-state index in [0.29, 0.717) is 18.3 Å². The molecular formula is C18H34Cl2N6O. The van der Waals surface area contributed by atoms with E-state index in [2.05, 4.69) is 32.9 Å². The smallest absolute Gasteiger partial charge is 0.273 e. The van der Waals surface area contributed by atoms with Gasteiger partial charge in [-0.25, -0.2) is 4.68 Å². The minimum absolute atomic E-state index is 0. The average Bonchev–Trinajstić information content (AvgIpc) is 3.16. The summed E-state index contributed by atoms with van der Waals surface area (Å²) in [4.78, 5) is 14.7. The van der Waals surface area contributed by atoms with Gasteiger partial charge in [-0.2, -0.15) is 0 Å². The van der Waals surface area contributed by atoms with E-state index in [9.17, 15) is 4.79 Å². The zero-order valence-electron chi connectivity index (χ0n) is 16.2. The Kier molecular flexibility index (Phi) is 11.2. The van der Waals surface area contributed by atoms with Gasteiger partial charge in [0.25, 0.3) is 5.91 Å². The minimum Gasteiger partial charge on any atom is -0.351 e. The third-order valence-corrected chi connectivity index (χ3v) is 5.60. The summed E-state index contributed by atoms with van der Waals surface area (Å²) >= 11 is 0. The van der Waals surface area contributed by atoms with Gasteiger partial charge in [0.05, 0.1) is 12.2 Å². The van der Waals surface area contributed by atoms with E-state index in [1.165, 1.54) is 32.1 Å². The maximum Gasteiger partial charge on any atom is 0.273 e. The number of nitrogens with one attached hydrogen (secondary N) is 2. The SMILES string of the molecule is CN(CCCNC(=O)c1cn(C2CCNCC2)nn1)C1CCCCC1.Cl.Cl. The third-order valence-electron chi connectivity index (χ3n) is 5.60. The van der Waals surface area contributed by atoms with Crippen LogP contribution in [0.1, 0.15) is 67.9 Å². The van der Waals surface area contributed by atoms with Gasteiger partial charge >= 0.3 is 0 Å². The molecule has 1 amide bonds. The molecule has 0 aromatic carbocycles. The molecule has 1 aromatic rings. The Labute approximate surface area is 174 Å². The van der Waals surface area contributed by atoms with Crippen molar-refractivity contribution in [2.45, 2.75) is 63.5 Å². The molecule has 1 aromatic heterocycles. The Morgan fingerprint density at radius 3 is 2.63 bits per heavy atom. The van der Waals surface area contributed by atoms with Crippen LogP contribution in [-0.2, 0) is 0 Å². The summed E-state index contributed by atoms with van der Waals surface area (Å²) in [5.41, 5.74) is 0.430. The van der Waals surface area contributed by atoms with Crippen LogP contribution in [0.3, 0.4) is 0 Å². The van der Waals surface area contributed by atoms with Gasteiger partial charge in [0, 0.05) is 12.6 Å². The number of amides is 1. The normalized spacial score (nSPS) is 18.6. The first kappa shape index (κ1) is 24.1. The van der Waals surface area contributed by atoms with Crippen molar-refractivity contribution in [3.63, 3.8) is 0 Å². The predicted octanol–water partition coefficient (Wildman–Crippen LogP) is 2.43. The number of rotatable bonds is 7. The quantitative estimate of drug-likeness (QED) is 0.662. The van der Waals surface area contributed by atoms with Crippen LogP contribution in [0.4, 0.5) is 0 Å². The highest BCUT2D eigenvalue weighted by atomic mass is 35.5. The number of piperidine rings is 1. The number of nitrogens with zero attached hydrogens (tertiary/aromatic N) is 4. The van der Waals surface area contributed by atoms with E-state index in [0.717, 1.165) is 44.9 Å². The lowest BCUT2D eigenvalue weighted by molar-refractivity contribution is 0.0945. The first-order valence-electron chi connectivity index (χ1n) is 9.85. The van der Waals surface area contributed by atoms with E-state index in [1.807, 2.05) is 4.68 Å². The van der Waals surface area contributed by atoms with E-state index in [-0.39, 0.29) is 30.7 Å². The first-order valence-corrected chi connectivity index (χ1v) is 9.85. The fraction of sp³-hybridized carbons (Fsp3) is 0.833. The fourth-order valence-electron chi connectivity index (χ4n) is 3.96. The number of hydrogen-bond donors (Lipinski definition) is 2. The molecule has 1 aliphatic heterocycles. The summed E-state index contributed by atoms with van der Waals surface area (Å²) in [5.74, 6) is -0.111. The largest absolute Gasteiger partial charge is 0.351 e. The van der Waals surface area contributed by atoms with Crippen molar-refractivity contribution in [1.82, 2.24) is 30.5 Å². The molecule has 1 aliphatic carbocycles. The molecule has 0 bridgehead atoms. The van der Waals surface area contributed by atoms with Crippen molar-refractivity contribution in [2.24, 2.45) is 0 Å². The molecule has 1 saturated carbocycles. The zero-order valence-corrected chi connectivity index (χ0v) is 17.9. The van der Waals surface area contributed by atoms with Crippen LogP contribution in [-0.4, -0.2) is 65.1 Å². The van der Waals surface area contributed by atoms with Crippen LogP contribution in [0.2, 0.25) is 0 Å². The molecule has 1 saturated heterocycles. The van der Waals surface area contributed by atoms with Gasteiger partial charge in [0.15, 0.2) is 5.69 Å². The molecule has 156 valence electrons. The average molecular weight is 421 g/mol. The lowest BCUT2D eigenvalue weighted by atomic mass is 9.94. The number of carbonyl (C=O) groups is 1. The Bertz CT molecular complexity index is 544. The lowest BCUT2D eigenvalue weighted by Gasteiger charge is -2.31. The summed E-state index contributed by atoms with van der Waals surface area (Å²) in [5, 5.41) is 14.5. The molecule has 0 radical (unpaired) electrons. The molecule has 0 spiro atoms. The molecule has 7 nitrogen and oxygen atoms in total. The van der Waals surface area contributed by atoms with Crippen LogP contribution in [0.5, 0.6) is 0 Å². The molecule has 3 rings (SSSR count). The Morgan fingerprint density at radius 1 is 1.22 bits per heavy atom. The van der Waals surface area contributed by atoms with Crippen molar-refractivity contribution < 1.29 is 4.79 Å². The molecule has 27 heavy (non-hydrogen) atoms. The van der Waals surface area contributed by atoms with Gasteiger partial charge < -0.3 is 15.5 Å². The monoisotopic (exact) mass is 420 g/mol. The van der Waals surface area contributed by atoms with Crippen LogP contribution >= 0.6 is 24.8 Å². The van der Waals surface area contributed by atoms with E-state index in [1.54, 1.807) is 6.20 Å². The highest BCUT2D eigenvalue weighted by Crippen LogP contribution is 2.21. The van der Waals surface area contributed by atoms with Crippen LogP contribution < -0.4 is 10.6 Å². The van der Waals surface area contributed by atoms with Crippen LogP contribution in [0.25, 0.3) is 0 Å². The minimum atomic E-state index is -0.111. The number of hydrogen-bond acceptors (Lipinski definition) is 5. The van der Waals surface area contributed by atoms with Gasteiger partial charge in [0.1, 0.15) is 0 Å². The molecule has 2 N–H and O–H groups in total. The van der Waals surface area contributed by atoms with Gasteiger partial charge in [-0.15, -0.1) is 29.9 Å². The molecule has 0 unspecified atom stereocenters. The van der Waals surface area contributed by atoms with E-state index >= 15 is 0 Å². The van der Waals surface area contributed by atoms with Gasteiger partial charge in [-0.3, -0.25) is 4.79 Å². The number of aromatic nitrogens is 3. The Balaban J connectivity index is 0.00000182. The van der Waals surface area contributed by atoms with Crippen LogP contribution in [0.15, 0.2) is 6.20 Å². The first-order chi connectivity index (χ1) is 12.2. The summed E-state index contributed by atoms with van der Waals surface area (Å²) in [6.45, 7) is 3.73. The second-order valence-electron chi connectivity index (χ2n) is 7.45. The number of carbonyl (C=O) groups excluding carboxylic acids is 1. The van der Waals surface area contributed by atoms with Crippen LogP contribution in [0, 0.1) is 0 Å². The zero-order chi connectivity index (χ0) is 17.5. The summed E-state index contributed by atoms with van der Waals surface area (Å²) in [7, 11) is 2.21. The van der Waals surface area contributed by atoms with Gasteiger partial charge in [-0.1, -0.05) is 24.5 Å². The van der Waals surface area contributed by atoms with Crippen molar-refractivity contribution in [1.29, 1.82) is 0 Å². The highest BCUT2D eigenvalue weighted by molar-refractivity contribution is 5.91. The summed E-state index contributed by atoms with van der Waals surface area (Å²) in [6, 6.07) is 1.09. The maximum atomic E-state index is 12.2. The van der Waals surface area contributed by atoms with E-state index < -0.39 is 0 Å². The molecular weight excluding hydrogens is 387 g/mol. The van der Waals surface area contributed by atoms with Gasteiger partial charge in [0.2, 0.25) is 0 Å². The van der Waals surface area contributed by atoms with Crippen molar-refractivity contribution >= 4 is 30.7 Å². The Morgan fingerprint density at radius 2 is 1.93 bits per heavy atom. The lowest BCUT2D eigenvalue weighted by Crippen LogP contribution is -2.35. The van der Waals surface area contributed by atoms with Gasteiger partial charge in [-0.05, 0) is 58.8 Å². The second kappa shape index (κ2) is 12.5. The number of halogens is 2. The molecule has 0 atom stereocenters. The van der Waals surface area contributed by atoms with E-state index in [4.69, 9.17) is 0 Å². The molecule has 2 fully saturated rings. The van der Waals surface area contributed by atoms with Crippen molar-refractivity contribution in [3.05, 3.63) is 11.9 Å². The Hall–Kier alpha value is -0.890. The maximum absolute atomic E-state index is 12.2. The molecule has 2 aliphatic rings. The summed E-state index contributed by atoms with van der Waals surface area (Å²) in [6.07, 6.45) is 11.6. The predicted molar refractivity (Wildman–Crippen MR) is 112 cm³/mol. The molecule has 9 heteroatoms. The fourth-order valence-corrected chi connectivity index (χ4v) is 3.96. The highest BCUT2D eigenvalue weighted by Gasteiger charge is 2.19. The van der Waals surface area contributed by atoms with Crippen molar-refractivity contribution in [2.75, 3.05) is 33.2 Å². The summed E-state index contributed by atoms with van der Waals surface area (Å²) < 4.78 is 1.85. The topological polar surface area (TPSA) is 75.1 Å². The second-order valence-corrected chi connectivity index (χ2v) is 7.45. The third kappa shape index (κ3) is 7.22.